The van der Waals surface area contributed by atoms with Gasteiger partial charge in [-0.05, 0) is 145 Å². The Balaban J connectivity index is 1.16. The lowest BCUT2D eigenvalue weighted by molar-refractivity contribution is -0.432. The maximum Gasteiger partial charge on any atom is 0.270 e. The minimum atomic E-state index is -4.31. The fraction of sp³-hybridized carbons (Fsp3) is 1.00. The van der Waals surface area contributed by atoms with Crippen molar-refractivity contribution in [3.05, 3.63) is 0 Å². The number of hydrogen-bond donors (Lipinski definition) is 4. The second-order valence-corrected chi connectivity index (χ2v) is 17.4. The van der Waals surface area contributed by atoms with E-state index in [2.05, 4.69) is 16.3 Å². The third-order valence-electron chi connectivity index (χ3n) is 12.3. The van der Waals surface area contributed by atoms with Crippen LogP contribution in [0.25, 0.3) is 0 Å². The summed E-state index contributed by atoms with van der Waals surface area (Å²) >= 11 is 1.08. The van der Waals surface area contributed by atoms with Crippen molar-refractivity contribution in [1.29, 1.82) is 0 Å². The molecule has 10 nitrogen and oxygen atoms in total. The third kappa shape index (κ3) is 8.90. The van der Waals surface area contributed by atoms with Gasteiger partial charge in [0.05, 0.1) is 36.6 Å². The van der Waals surface area contributed by atoms with Crippen LogP contribution in [0.3, 0.4) is 0 Å². The fourth-order valence-corrected chi connectivity index (χ4v) is 11.5. The summed E-state index contributed by atoms with van der Waals surface area (Å²) < 4.78 is 52.8. The monoisotopic (exact) mass is 664 g/mol. The zero-order valence-electron chi connectivity index (χ0n) is 26.3. The quantitative estimate of drug-likeness (QED) is 0.0859. The summed E-state index contributed by atoms with van der Waals surface area (Å²) in [6, 6.07) is 0. The van der Waals surface area contributed by atoms with E-state index >= 15 is 0 Å². The summed E-state index contributed by atoms with van der Waals surface area (Å²) in [5.74, 6) is 1.72. The molecule has 0 amide bonds. The molecule has 5 fully saturated rings. The van der Waals surface area contributed by atoms with Crippen LogP contribution in [0.1, 0.15) is 129 Å². The van der Waals surface area contributed by atoms with E-state index < -0.39 is 21.5 Å². The molecule has 0 aromatic rings. The van der Waals surface area contributed by atoms with Crippen LogP contribution in [-0.2, 0) is 29.0 Å². The van der Waals surface area contributed by atoms with E-state index in [1.54, 1.807) is 0 Å². The Kier molecular flexibility index (Phi) is 12.8. The van der Waals surface area contributed by atoms with Gasteiger partial charge in [0.2, 0.25) is 0 Å². The first-order valence-corrected chi connectivity index (χ1v) is 19.6. The average Bonchev–Trinajstić information content (AvgIpc) is 3.01. The highest BCUT2D eigenvalue weighted by molar-refractivity contribution is 7.95. The Morgan fingerprint density at radius 1 is 0.659 bits per heavy atom. The standard InChI is InChI=1S/C32H56O10S2/c1-32(21-5-11-24(33)12-6-21,22-7-13-25(34)14-8-22)23-9-15-26(16-10-23)40-30-18-17-28(20-31(30)44(36,37)38)39-27-3-2-4-29(19-27)43-42-41-35/h21-31,33-35H,2-20H2,1H3,(H,36,37,38). The SMILES string of the molecule is CC(C1CCC(O)CC1)(C1CCC(O)CC1)C1CCC(OC2CCC(OC3CCCC(SOOO)C3)CC2S(=O)(=O)O)CC1. The molecule has 12 heteroatoms. The molecule has 5 aliphatic carbocycles. The van der Waals surface area contributed by atoms with Crippen molar-refractivity contribution >= 4 is 22.2 Å². The van der Waals surface area contributed by atoms with Crippen molar-refractivity contribution in [3.63, 3.8) is 0 Å². The minimum Gasteiger partial charge on any atom is -0.393 e. The molecule has 5 aliphatic rings. The van der Waals surface area contributed by atoms with Crippen molar-refractivity contribution in [1.82, 2.24) is 0 Å². The Bertz CT molecular complexity index is 952. The predicted octanol–water partition coefficient (Wildman–Crippen LogP) is 6.25. The molecular weight excluding hydrogens is 608 g/mol. The molecule has 0 radical (unpaired) electrons. The molecular formula is C32H56O10S2. The van der Waals surface area contributed by atoms with Crippen LogP contribution < -0.4 is 0 Å². The van der Waals surface area contributed by atoms with Crippen molar-refractivity contribution in [2.24, 2.45) is 23.2 Å². The molecule has 5 saturated carbocycles. The van der Waals surface area contributed by atoms with Crippen LogP contribution in [0, 0.1) is 23.2 Å². The van der Waals surface area contributed by atoms with Gasteiger partial charge in [-0.25, -0.2) is 5.26 Å². The molecule has 256 valence electrons. The Labute approximate surface area is 268 Å². The average molecular weight is 665 g/mol. The molecule has 5 unspecified atom stereocenters. The van der Waals surface area contributed by atoms with E-state index in [0.29, 0.717) is 30.6 Å². The number of ether oxygens (including phenoxy) is 2. The van der Waals surface area contributed by atoms with E-state index in [1.807, 2.05) is 0 Å². The van der Waals surface area contributed by atoms with Gasteiger partial charge in [-0.3, -0.25) is 4.55 Å². The Morgan fingerprint density at radius 2 is 1.18 bits per heavy atom. The number of aliphatic hydroxyl groups is 2. The molecule has 5 atom stereocenters. The molecule has 0 aromatic carbocycles. The van der Waals surface area contributed by atoms with Gasteiger partial charge in [-0.1, -0.05) is 12.0 Å². The van der Waals surface area contributed by atoms with Gasteiger partial charge in [0, 0.05) is 17.3 Å². The lowest BCUT2D eigenvalue weighted by Gasteiger charge is -2.54. The van der Waals surface area contributed by atoms with Crippen LogP contribution in [0.2, 0.25) is 0 Å². The predicted molar refractivity (Wildman–Crippen MR) is 167 cm³/mol. The maximum atomic E-state index is 12.6. The zero-order valence-corrected chi connectivity index (χ0v) is 28.0. The Morgan fingerprint density at radius 3 is 1.73 bits per heavy atom. The number of hydrogen-bond acceptors (Lipinski definition) is 10. The van der Waals surface area contributed by atoms with Gasteiger partial charge in [0.1, 0.15) is 5.25 Å². The molecule has 44 heavy (non-hydrogen) atoms. The van der Waals surface area contributed by atoms with E-state index in [4.69, 9.17) is 14.7 Å². The van der Waals surface area contributed by atoms with Gasteiger partial charge in [0.15, 0.2) is 0 Å². The number of aliphatic hydroxyl groups excluding tert-OH is 2. The van der Waals surface area contributed by atoms with Crippen LogP contribution in [0.4, 0.5) is 0 Å². The normalized spacial score (nSPS) is 42.4. The summed E-state index contributed by atoms with van der Waals surface area (Å²) in [5, 5.41) is 31.8. The highest BCUT2D eigenvalue weighted by Gasteiger charge is 2.49. The van der Waals surface area contributed by atoms with Crippen LogP contribution >= 0.6 is 12.0 Å². The van der Waals surface area contributed by atoms with Crippen LogP contribution in [-0.4, -0.2) is 75.6 Å². The highest BCUT2D eigenvalue weighted by atomic mass is 32.2. The van der Waals surface area contributed by atoms with Gasteiger partial charge < -0.3 is 19.7 Å². The van der Waals surface area contributed by atoms with E-state index in [0.717, 1.165) is 115 Å². The molecule has 5 rings (SSSR count). The third-order valence-corrected chi connectivity index (χ3v) is 14.4. The van der Waals surface area contributed by atoms with Crippen molar-refractivity contribution in [2.75, 3.05) is 0 Å². The van der Waals surface area contributed by atoms with E-state index in [1.165, 1.54) is 0 Å². The maximum absolute atomic E-state index is 12.6. The molecule has 4 N–H and O–H groups in total. The van der Waals surface area contributed by atoms with Crippen molar-refractivity contribution in [3.8, 4) is 0 Å². The molecule has 0 bridgehead atoms. The van der Waals surface area contributed by atoms with Crippen LogP contribution in [0.5, 0.6) is 0 Å². The van der Waals surface area contributed by atoms with Gasteiger partial charge in [0.25, 0.3) is 10.1 Å². The van der Waals surface area contributed by atoms with Gasteiger partial charge in [-0.2, -0.15) is 8.42 Å². The second kappa shape index (κ2) is 15.9. The summed E-state index contributed by atoms with van der Waals surface area (Å²) in [6.07, 6.45) is 15.4. The largest absolute Gasteiger partial charge is 0.393 e. The van der Waals surface area contributed by atoms with Crippen molar-refractivity contribution in [2.45, 2.75) is 176 Å². The Hall–Kier alpha value is -0.0200. The topological polar surface area (TPSA) is 152 Å². The molecule has 0 aromatic heterocycles. The van der Waals surface area contributed by atoms with Gasteiger partial charge >= 0.3 is 0 Å². The first kappa shape index (κ1) is 35.3. The smallest absolute Gasteiger partial charge is 0.270 e. The van der Waals surface area contributed by atoms with Crippen LogP contribution in [0.15, 0.2) is 0 Å². The first-order chi connectivity index (χ1) is 21.1. The zero-order chi connectivity index (χ0) is 31.3. The summed E-state index contributed by atoms with van der Waals surface area (Å²) in [6.45, 7) is 2.50. The highest BCUT2D eigenvalue weighted by Crippen LogP contribution is 2.56. The lowest BCUT2D eigenvalue weighted by atomic mass is 9.52. The fourth-order valence-electron chi connectivity index (χ4n) is 9.78. The number of rotatable bonds is 11. The van der Waals surface area contributed by atoms with E-state index in [-0.39, 0.29) is 47.6 Å². The summed E-state index contributed by atoms with van der Waals surface area (Å²) in [4.78, 5) is 0. The first-order valence-electron chi connectivity index (χ1n) is 17.3. The molecule has 0 saturated heterocycles. The van der Waals surface area contributed by atoms with Gasteiger partial charge in [-0.15, -0.1) is 4.33 Å². The second-order valence-electron chi connectivity index (χ2n) is 14.8. The molecule has 0 aliphatic heterocycles. The van der Waals surface area contributed by atoms with Crippen molar-refractivity contribution < 1.29 is 47.3 Å². The molecule has 0 spiro atoms. The summed E-state index contributed by atoms with van der Waals surface area (Å²) in [7, 11) is -4.31. The van der Waals surface area contributed by atoms with E-state index in [9.17, 15) is 23.2 Å². The lowest BCUT2D eigenvalue weighted by Crippen LogP contribution is -2.48. The molecule has 0 heterocycles. The minimum absolute atomic E-state index is 0.0200. The summed E-state index contributed by atoms with van der Waals surface area (Å²) in [5.41, 5.74) is 0.172.